The summed E-state index contributed by atoms with van der Waals surface area (Å²) in [7, 11) is 0. The van der Waals surface area contributed by atoms with Gasteiger partial charge in [0.15, 0.2) is 0 Å². The highest BCUT2D eigenvalue weighted by Gasteiger charge is 2.52. The van der Waals surface area contributed by atoms with Crippen LogP contribution in [-0.2, 0) is 16.6 Å². The number of piperidine rings is 1. The molecule has 0 bridgehead atoms. The first kappa shape index (κ1) is 19.1. The first-order valence-corrected chi connectivity index (χ1v) is 11.3. The Morgan fingerprint density at radius 1 is 1.14 bits per heavy atom. The number of rotatable bonds is 2. The quantitative estimate of drug-likeness (QED) is 0.753. The highest BCUT2D eigenvalue weighted by molar-refractivity contribution is 6.29. The summed E-state index contributed by atoms with van der Waals surface area (Å²) >= 11 is 6.18. The molecule has 0 saturated carbocycles. The molecular weight excluding hydrogens is 382 g/mol. The molecule has 3 atom stereocenters. The van der Waals surface area contributed by atoms with Crippen molar-refractivity contribution in [3.05, 3.63) is 64.4 Å². The Labute approximate surface area is 177 Å². The first-order valence-electron chi connectivity index (χ1n) is 10.9. The van der Waals surface area contributed by atoms with E-state index in [0.717, 1.165) is 57.4 Å². The van der Waals surface area contributed by atoms with Crippen LogP contribution in [0.5, 0.6) is 0 Å². The lowest BCUT2D eigenvalue weighted by Gasteiger charge is -2.43. The van der Waals surface area contributed by atoms with E-state index in [4.69, 9.17) is 11.6 Å². The molecule has 4 nitrogen and oxygen atoms in total. The largest absolute Gasteiger partial charge is 0.335 e. The zero-order valence-electron chi connectivity index (χ0n) is 16.7. The number of likely N-dealkylation sites (tertiary alicyclic amines) is 1. The molecule has 1 spiro atoms. The van der Waals surface area contributed by atoms with Crippen LogP contribution >= 0.6 is 11.6 Å². The van der Waals surface area contributed by atoms with E-state index < -0.39 is 0 Å². The fourth-order valence-electron chi connectivity index (χ4n) is 5.87. The van der Waals surface area contributed by atoms with Gasteiger partial charge in [0.25, 0.3) is 0 Å². The van der Waals surface area contributed by atoms with Gasteiger partial charge in [-0.25, -0.2) is 4.98 Å². The molecule has 1 amide bonds. The lowest BCUT2D eigenvalue weighted by molar-refractivity contribution is -0.141. The van der Waals surface area contributed by atoms with Gasteiger partial charge in [-0.3, -0.25) is 4.79 Å². The lowest BCUT2D eigenvalue weighted by Crippen LogP contribution is -2.49. The van der Waals surface area contributed by atoms with Crippen LogP contribution in [0.25, 0.3) is 0 Å². The Hall–Kier alpha value is -1.91. The summed E-state index contributed by atoms with van der Waals surface area (Å²) in [5.41, 5.74) is 3.44. The second kappa shape index (κ2) is 7.73. The van der Waals surface area contributed by atoms with Crippen LogP contribution in [0.3, 0.4) is 0 Å². The van der Waals surface area contributed by atoms with E-state index in [9.17, 15) is 4.79 Å². The maximum Gasteiger partial charge on any atom is 0.228 e. The topological polar surface area (TPSA) is 45.2 Å². The Balaban J connectivity index is 1.49. The molecule has 152 valence electrons. The van der Waals surface area contributed by atoms with Gasteiger partial charge < -0.3 is 10.2 Å². The first-order chi connectivity index (χ1) is 14.2. The van der Waals surface area contributed by atoms with Crippen molar-refractivity contribution in [1.82, 2.24) is 15.2 Å². The Kier molecular flexibility index (Phi) is 5.09. The molecule has 1 N–H and O–H groups in total. The normalized spacial score (nSPS) is 29.1. The SMILES string of the molecule is O=C([C@@H]1CNC[C@]12CCCc1nc(Cl)ccc12)N1CCCCC1c1ccccc1. The molecule has 2 aromatic rings. The van der Waals surface area contributed by atoms with E-state index >= 15 is 0 Å². The minimum absolute atomic E-state index is 0.0335. The zero-order chi connectivity index (χ0) is 19.8. The van der Waals surface area contributed by atoms with Crippen LogP contribution in [0.2, 0.25) is 5.15 Å². The van der Waals surface area contributed by atoms with Gasteiger partial charge in [0.05, 0.1) is 12.0 Å². The van der Waals surface area contributed by atoms with Crippen LogP contribution in [0.15, 0.2) is 42.5 Å². The van der Waals surface area contributed by atoms with E-state index in [1.165, 1.54) is 17.5 Å². The van der Waals surface area contributed by atoms with Crippen molar-refractivity contribution in [2.24, 2.45) is 5.92 Å². The predicted molar refractivity (Wildman–Crippen MR) is 115 cm³/mol. The summed E-state index contributed by atoms with van der Waals surface area (Å²) in [6.45, 7) is 2.46. The van der Waals surface area contributed by atoms with Crippen molar-refractivity contribution in [2.75, 3.05) is 19.6 Å². The molecule has 2 aliphatic heterocycles. The minimum Gasteiger partial charge on any atom is -0.335 e. The molecular formula is C24H28ClN3O. The Morgan fingerprint density at radius 2 is 2.00 bits per heavy atom. The second-order valence-electron chi connectivity index (χ2n) is 8.78. The second-order valence-corrected chi connectivity index (χ2v) is 9.16. The smallest absolute Gasteiger partial charge is 0.228 e. The van der Waals surface area contributed by atoms with Crippen molar-refractivity contribution >= 4 is 17.5 Å². The fourth-order valence-corrected chi connectivity index (χ4v) is 6.03. The van der Waals surface area contributed by atoms with E-state index in [-0.39, 0.29) is 17.4 Å². The fraction of sp³-hybridized carbons (Fsp3) is 0.500. The number of aromatic nitrogens is 1. The van der Waals surface area contributed by atoms with Crippen molar-refractivity contribution in [1.29, 1.82) is 0 Å². The number of benzene rings is 1. The van der Waals surface area contributed by atoms with E-state index in [1.807, 2.05) is 12.1 Å². The number of pyridine rings is 1. The molecule has 29 heavy (non-hydrogen) atoms. The number of nitrogens with one attached hydrogen (secondary N) is 1. The van der Waals surface area contributed by atoms with Crippen molar-refractivity contribution in [2.45, 2.75) is 50.0 Å². The highest BCUT2D eigenvalue weighted by Crippen LogP contribution is 2.46. The molecule has 1 aliphatic carbocycles. The number of amides is 1. The molecule has 3 aliphatic rings. The van der Waals surface area contributed by atoms with Gasteiger partial charge in [-0.15, -0.1) is 0 Å². The van der Waals surface area contributed by atoms with Gasteiger partial charge in [-0.2, -0.15) is 0 Å². The summed E-state index contributed by atoms with van der Waals surface area (Å²) in [5, 5.41) is 4.11. The van der Waals surface area contributed by atoms with Crippen molar-refractivity contribution in [3.8, 4) is 0 Å². The van der Waals surface area contributed by atoms with Gasteiger partial charge in [0, 0.05) is 30.7 Å². The number of halogens is 1. The van der Waals surface area contributed by atoms with Gasteiger partial charge >= 0.3 is 0 Å². The van der Waals surface area contributed by atoms with Crippen LogP contribution in [0, 0.1) is 5.92 Å². The molecule has 1 aromatic heterocycles. The molecule has 0 radical (unpaired) electrons. The third-order valence-corrected chi connectivity index (χ3v) is 7.45. The maximum atomic E-state index is 14.0. The van der Waals surface area contributed by atoms with E-state index in [1.54, 1.807) is 0 Å². The zero-order valence-corrected chi connectivity index (χ0v) is 17.5. The average Bonchev–Trinajstić information content (AvgIpc) is 3.17. The molecule has 1 aromatic carbocycles. The van der Waals surface area contributed by atoms with Gasteiger partial charge in [-0.05, 0) is 55.7 Å². The van der Waals surface area contributed by atoms with Crippen LogP contribution < -0.4 is 5.32 Å². The molecule has 2 saturated heterocycles. The summed E-state index contributed by atoms with van der Waals surface area (Å²) in [6, 6.07) is 14.8. The van der Waals surface area contributed by atoms with Gasteiger partial charge in [0.1, 0.15) is 5.15 Å². The number of carbonyl (C=O) groups excluding carboxylic acids is 1. The maximum absolute atomic E-state index is 14.0. The third-order valence-electron chi connectivity index (χ3n) is 7.24. The van der Waals surface area contributed by atoms with E-state index in [0.29, 0.717) is 11.1 Å². The molecule has 3 heterocycles. The molecule has 5 heteroatoms. The monoisotopic (exact) mass is 409 g/mol. The Morgan fingerprint density at radius 3 is 2.86 bits per heavy atom. The highest BCUT2D eigenvalue weighted by atomic mass is 35.5. The van der Waals surface area contributed by atoms with Crippen molar-refractivity contribution < 1.29 is 4.79 Å². The number of carbonyl (C=O) groups is 1. The van der Waals surface area contributed by atoms with Crippen LogP contribution in [-0.4, -0.2) is 35.4 Å². The van der Waals surface area contributed by atoms with E-state index in [2.05, 4.69) is 45.5 Å². The van der Waals surface area contributed by atoms with Crippen LogP contribution in [0.1, 0.15) is 55.0 Å². The number of hydrogen-bond donors (Lipinski definition) is 1. The summed E-state index contributed by atoms with van der Waals surface area (Å²) in [6.07, 6.45) is 6.38. The predicted octanol–water partition coefficient (Wildman–Crippen LogP) is 4.28. The lowest BCUT2D eigenvalue weighted by atomic mass is 9.65. The molecule has 5 rings (SSSR count). The molecule has 1 unspecified atom stereocenters. The number of nitrogens with zero attached hydrogens (tertiary/aromatic N) is 2. The Bertz CT molecular complexity index is 902. The average molecular weight is 410 g/mol. The van der Waals surface area contributed by atoms with Crippen molar-refractivity contribution in [3.63, 3.8) is 0 Å². The summed E-state index contributed by atoms with van der Waals surface area (Å²) in [5.74, 6) is 0.278. The third kappa shape index (κ3) is 3.27. The number of fused-ring (bicyclic) bond motifs is 2. The van der Waals surface area contributed by atoms with Gasteiger partial charge in [-0.1, -0.05) is 48.0 Å². The minimum atomic E-state index is -0.152. The van der Waals surface area contributed by atoms with Gasteiger partial charge in [0.2, 0.25) is 5.91 Å². The summed E-state index contributed by atoms with van der Waals surface area (Å²) in [4.78, 5) is 20.8. The number of aryl methyl sites for hydroxylation is 1. The molecule has 2 fully saturated rings. The van der Waals surface area contributed by atoms with Crippen LogP contribution in [0.4, 0.5) is 0 Å². The number of hydrogen-bond acceptors (Lipinski definition) is 3. The summed E-state index contributed by atoms with van der Waals surface area (Å²) < 4.78 is 0. The standard InChI is InChI=1S/C24H28ClN3O/c25-22-12-11-18-20(27-22)9-6-13-24(18)16-26-15-19(24)23(29)28-14-5-4-10-21(28)17-7-2-1-3-8-17/h1-3,7-8,11-12,19,21,26H,4-6,9-10,13-16H2/t19-,21?,24-/m0/s1.